The van der Waals surface area contributed by atoms with Gasteiger partial charge in [-0.1, -0.05) is 13.8 Å². The fourth-order valence-corrected chi connectivity index (χ4v) is 2.11. The van der Waals surface area contributed by atoms with E-state index in [1.165, 1.54) is 0 Å². The van der Waals surface area contributed by atoms with Crippen molar-refractivity contribution in [1.82, 2.24) is 10.2 Å². The maximum atomic E-state index is 12.1. The third-order valence-corrected chi connectivity index (χ3v) is 3.26. The Balaban J connectivity index is 2.59. The Morgan fingerprint density at radius 1 is 1.48 bits per heavy atom. The summed E-state index contributed by atoms with van der Waals surface area (Å²) in [5, 5.41) is 12.5. The number of hydrogen-bond acceptors (Lipinski definition) is 5. The molecule has 0 aromatic heterocycles. The Morgan fingerprint density at radius 2 is 2.14 bits per heavy atom. The first-order chi connectivity index (χ1) is 9.73. The zero-order valence-electron chi connectivity index (χ0n) is 13.8. The molecule has 0 aromatic carbocycles. The molecule has 0 radical (unpaired) electrons. The van der Waals surface area contributed by atoms with Crippen molar-refractivity contribution in [3.8, 4) is 0 Å². The van der Waals surface area contributed by atoms with Crippen LogP contribution in [0.3, 0.4) is 0 Å². The molecule has 21 heavy (non-hydrogen) atoms. The molecule has 1 aliphatic rings. The molecule has 1 atom stereocenters. The summed E-state index contributed by atoms with van der Waals surface area (Å²) in [5.41, 5.74) is -0.489. The van der Waals surface area contributed by atoms with Crippen LogP contribution in [0.2, 0.25) is 0 Å². The molecule has 0 fully saturated rings. The molecular formula is C15H29N3O3. The first-order valence-corrected chi connectivity index (χ1v) is 7.61. The predicted molar refractivity (Wildman–Crippen MR) is 83.6 cm³/mol. The summed E-state index contributed by atoms with van der Waals surface area (Å²) in [4.78, 5) is 18.2. The Hall–Kier alpha value is -1.30. The van der Waals surface area contributed by atoms with Crippen LogP contribution in [0.4, 0.5) is 4.79 Å². The summed E-state index contributed by atoms with van der Waals surface area (Å²) in [6.45, 7) is 11.5. The minimum Gasteiger partial charge on any atom is -0.444 e. The van der Waals surface area contributed by atoms with E-state index < -0.39 is 5.60 Å². The number of nitrogens with one attached hydrogen (secondary N) is 1. The number of aliphatic hydroxyl groups is 1. The molecule has 1 unspecified atom stereocenters. The molecule has 6 heteroatoms. The van der Waals surface area contributed by atoms with Gasteiger partial charge in [-0.05, 0) is 33.1 Å². The number of aliphatic imine (C=N–C) groups is 1. The molecular weight excluding hydrogens is 270 g/mol. The lowest BCUT2D eigenvalue weighted by atomic mass is 10.0. The van der Waals surface area contributed by atoms with Gasteiger partial charge < -0.3 is 15.2 Å². The second kappa shape index (κ2) is 7.64. The van der Waals surface area contributed by atoms with Crippen LogP contribution in [-0.2, 0) is 4.74 Å². The molecule has 1 heterocycles. The van der Waals surface area contributed by atoms with Crippen molar-refractivity contribution in [2.45, 2.75) is 52.7 Å². The highest BCUT2D eigenvalue weighted by atomic mass is 16.6. The highest BCUT2D eigenvalue weighted by Gasteiger charge is 2.26. The average molecular weight is 299 g/mol. The molecule has 0 spiro atoms. The Morgan fingerprint density at radius 3 is 2.67 bits per heavy atom. The molecule has 0 bridgehead atoms. The van der Waals surface area contributed by atoms with Gasteiger partial charge in [0.25, 0.3) is 0 Å². The van der Waals surface area contributed by atoms with Gasteiger partial charge >= 0.3 is 6.09 Å². The lowest BCUT2D eigenvalue weighted by Gasteiger charge is -2.32. The molecule has 0 aromatic rings. The van der Waals surface area contributed by atoms with Crippen LogP contribution in [0.15, 0.2) is 4.99 Å². The van der Waals surface area contributed by atoms with Crippen LogP contribution in [0, 0.1) is 5.92 Å². The lowest BCUT2D eigenvalue weighted by Crippen LogP contribution is -2.50. The number of rotatable bonds is 4. The van der Waals surface area contributed by atoms with Gasteiger partial charge in [0.15, 0.2) is 0 Å². The molecule has 6 nitrogen and oxygen atoms in total. The molecule has 2 N–H and O–H groups in total. The second-order valence-electron chi connectivity index (χ2n) is 6.74. The molecule has 1 aliphatic heterocycles. The van der Waals surface area contributed by atoms with Crippen LogP contribution in [0.5, 0.6) is 0 Å². The highest BCUT2D eigenvalue weighted by molar-refractivity contribution is 5.88. The summed E-state index contributed by atoms with van der Waals surface area (Å²) >= 11 is 0. The van der Waals surface area contributed by atoms with Crippen LogP contribution >= 0.6 is 0 Å². The number of amidine groups is 1. The van der Waals surface area contributed by atoms with E-state index >= 15 is 0 Å². The fraction of sp³-hybridized carbons (Fsp3) is 0.867. The highest BCUT2D eigenvalue weighted by Crippen LogP contribution is 2.12. The third kappa shape index (κ3) is 6.33. The maximum Gasteiger partial charge on any atom is 0.410 e. The summed E-state index contributed by atoms with van der Waals surface area (Å²) in [6, 6.07) is 0.160. The van der Waals surface area contributed by atoms with Gasteiger partial charge in [0.05, 0.1) is 13.1 Å². The lowest BCUT2D eigenvalue weighted by molar-refractivity contribution is 0.0275. The van der Waals surface area contributed by atoms with E-state index in [4.69, 9.17) is 9.84 Å². The number of nitrogens with zero attached hydrogens (tertiary/aromatic N) is 2. The van der Waals surface area contributed by atoms with Crippen LogP contribution in [-0.4, -0.2) is 59.8 Å². The molecule has 0 aliphatic carbocycles. The Bertz CT molecular complexity index is 375. The van der Waals surface area contributed by atoms with Crippen molar-refractivity contribution in [2.24, 2.45) is 10.9 Å². The second-order valence-corrected chi connectivity index (χ2v) is 6.74. The average Bonchev–Trinajstić information content (AvgIpc) is 2.36. The fourth-order valence-electron chi connectivity index (χ4n) is 2.11. The van der Waals surface area contributed by atoms with Crippen molar-refractivity contribution >= 4 is 11.9 Å². The number of carbonyl (C=O) groups is 1. The van der Waals surface area contributed by atoms with E-state index in [9.17, 15) is 4.79 Å². The summed E-state index contributed by atoms with van der Waals surface area (Å²) in [6.07, 6.45) is 0.364. The largest absolute Gasteiger partial charge is 0.444 e. The standard InChI is InChI=1S/C15H29N3O3/c1-11(2)12(6-9-19)17-13-10-18(8-7-16-13)14(20)21-15(3,4)5/h11-12,19H,6-10H2,1-5H3,(H,16,17). The minimum atomic E-state index is -0.489. The topological polar surface area (TPSA) is 74.2 Å². The quantitative estimate of drug-likeness (QED) is 0.827. The van der Waals surface area contributed by atoms with E-state index in [0.29, 0.717) is 32.0 Å². The summed E-state index contributed by atoms with van der Waals surface area (Å²) in [5.74, 6) is 1.18. The number of ether oxygens (including phenoxy) is 1. The zero-order chi connectivity index (χ0) is 16.0. The minimum absolute atomic E-state index is 0.138. The molecule has 0 saturated heterocycles. The third-order valence-electron chi connectivity index (χ3n) is 3.26. The van der Waals surface area contributed by atoms with Gasteiger partial charge in [0.1, 0.15) is 11.4 Å². The Kier molecular flexibility index (Phi) is 6.45. The van der Waals surface area contributed by atoms with Crippen molar-refractivity contribution in [2.75, 3.05) is 26.2 Å². The van der Waals surface area contributed by atoms with Crippen LogP contribution < -0.4 is 5.32 Å². The monoisotopic (exact) mass is 299 g/mol. The number of amides is 1. The van der Waals surface area contributed by atoms with E-state index in [1.807, 2.05) is 20.8 Å². The summed E-state index contributed by atoms with van der Waals surface area (Å²) in [7, 11) is 0. The molecule has 1 amide bonds. The van der Waals surface area contributed by atoms with E-state index in [-0.39, 0.29) is 18.7 Å². The van der Waals surface area contributed by atoms with Crippen molar-refractivity contribution in [3.05, 3.63) is 0 Å². The summed E-state index contributed by atoms with van der Waals surface area (Å²) < 4.78 is 5.39. The first kappa shape index (κ1) is 17.8. The molecule has 122 valence electrons. The van der Waals surface area contributed by atoms with E-state index in [0.717, 1.165) is 5.84 Å². The molecule has 0 saturated carbocycles. The van der Waals surface area contributed by atoms with Gasteiger partial charge in [-0.2, -0.15) is 0 Å². The number of hydrogen-bond donors (Lipinski definition) is 2. The van der Waals surface area contributed by atoms with Crippen molar-refractivity contribution < 1.29 is 14.6 Å². The van der Waals surface area contributed by atoms with E-state index in [2.05, 4.69) is 24.2 Å². The van der Waals surface area contributed by atoms with Gasteiger partial charge in [0, 0.05) is 19.2 Å². The van der Waals surface area contributed by atoms with E-state index in [1.54, 1.807) is 4.90 Å². The van der Waals surface area contributed by atoms with Crippen molar-refractivity contribution in [3.63, 3.8) is 0 Å². The van der Waals surface area contributed by atoms with Crippen molar-refractivity contribution in [1.29, 1.82) is 0 Å². The van der Waals surface area contributed by atoms with Crippen LogP contribution in [0.25, 0.3) is 0 Å². The van der Waals surface area contributed by atoms with Gasteiger partial charge in [-0.15, -0.1) is 0 Å². The van der Waals surface area contributed by atoms with Gasteiger partial charge in [-0.25, -0.2) is 4.79 Å². The molecule has 1 rings (SSSR count). The number of aliphatic hydroxyl groups excluding tert-OH is 1. The predicted octanol–water partition coefficient (Wildman–Crippen LogP) is 1.63. The zero-order valence-corrected chi connectivity index (χ0v) is 13.8. The first-order valence-electron chi connectivity index (χ1n) is 7.61. The maximum absolute atomic E-state index is 12.1. The SMILES string of the molecule is CC(C)C(CCO)NC1=NCCN(C(=O)OC(C)(C)C)C1. The van der Waals surface area contributed by atoms with Crippen LogP contribution in [0.1, 0.15) is 41.0 Å². The van der Waals surface area contributed by atoms with Gasteiger partial charge in [0.2, 0.25) is 0 Å². The van der Waals surface area contributed by atoms with Gasteiger partial charge in [-0.3, -0.25) is 9.89 Å². The normalized spacial score (nSPS) is 17.5. The Labute approximate surface area is 127 Å². The number of carbonyl (C=O) groups excluding carboxylic acids is 1. The smallest absolute Gasteiger partial charge is 0.410 e.